The minimum absolute atomic E-state index is 0.00938. The molecule has 2 rings (SSSR count). The molecular weight excluding hydrogens is 323 g/mol. The van der Waals surface area contributed by atoms with E-state index < -0.39 is 5.82 Å². The Morgan fingerprint density at radius 2 is 1.96 bits per heavy atom. The molecule has 0 atom stereocenters. The van der Waals surface area contributed by atoms with E-state index in [1.54, 1.807) is 18.2 Å². The monoisotopic (exact) mass is 338 g/mol. The van der Waals surface area contributed by atoms with Crippen molar-refractivity contribution in [2.24, 2.45) is 0 Å². The highest BCUT2D eigenvalue weighted by Gasteiger charge is 2.09. The molecule has 0 saturated carbocycles. The lowest BCUT2D eigenvalue weighted by atomic mass is 10.2. The molecule has 0 aromatic heterocycles. The molecule has 0 radical (unpaired) electrons. The van der Waals surface area contributed by atoms with Crippen molar-refractivity contribution in [3.8, 4) is 11.5 Å². The van der Waals surface area contributed by atoms with Gasteiger partial charge in [-0.15, -0.1) is 0 Å². The van der Waals surface area contributed by atoms with Crippen molar-refractivity contribution in [1.29, 1.82) is 0 Å². The minimum atomic E-state index is -0.511. The largest absolute Gasteiger partial charge is 0.497 e. The fourth-order valence-corrected chi connectivity index (χ4v) is 2.08. The van der Waals surface area contributed by atoms with E-state index in [0.29, 0.717) is 22.9 Å². The van der Waals surface area contributed by atoms with E-state index >= 15 is 0 Å². The van der Waals surface area contributed by atoms with Crippen LogP contribution in [0.2, 0.25) is 5.02 Å². The smallest absolute Gasteiger partial charge is 0.243 e. The first-order valence-electron chi connectivity index (χ1n) is 6.74. The molecule has 0 saturated heterocycles. The van der Waals surface area contributed by atoms with Gasteiger partial charge < -0.3 is 20.1 Å². The topological polar surface area (TPSA) is 59.6 Å². The summed E-state index contributed by atoms with van der Waals surface area (Å²) in [5.41, 5.74) is 1.04. The number of rotatable bonds is 6. The summed E-state index contributed by atoms with van der Waals surface area (Å²) in [5, 5.41) is 5.57. The van der Waals surface area contributed by atoms with Gasteiger partial charge in [0.05, 0.1) is 31.5 Å². The minimum Gasteiger partial charge on any atom is -0.497 e. The van der Waals surface area contributed by atoms with Gasteiger partial charge in [0.1, 0.15) is 17.3 Å². The fraction of sp³-hybridized carbons (Fsp3) is 0.188. The number of nitrogens with one attached hydrogen (secondary N) is 2. The van der Waals surface area contributed by atoms with Crippen LogP contribution in [0.3, 0.4) is 0 Å². The molecule has 7 heteroatoms. The number of carbonyl (C=O) groups excluding carboxylic acids is 1. The van der Waals surface area contributed by atoms with Gasteiger partial charge in [0, 0.05) is 11.8 Å². The average Bonchev–Trinajstić information content (AvgIpc) is 2.55. The van der Waals surface area contributed by atoms with Crippen LogP contribution in [0.4, 0.5) is 15.8 Å². The zero-order chi connectivity index (χ0) is 16.8. The second kappa shape index (κ2) is 7.69. The predicted octanol–water partition coefficient (Wildman–Crippen LogP) is 3.55. The number of anilines is 2. The summed E-state index contributed by atoms with van der Waals surface area (Å²) >= 11 is 5.69. The molecule has 0 bridgehead atoms. The number of methoxy groups -OCH3 is 2. The van der Waals surface area contributed by atoms with E-state index in [9.17, 15) is 9.18 Å². The standard InChI is InChI=1S/C16H16ClFN2O3/c1-22-11-4-6-15(23-2)14(8-11)20-16(21)9-19-10-3-5-13(18)12(17)7-10/h3-8,19H,9H2,1-2H3,(H,20,21). The van der Waals surface area contributed by atoms with E-state index in [1.165, 1.54) is 32.4 Å². The van der Waals surface area contributed by atoms with Crippen LogP contribution >= 0.6 is 11.6 Å². The highest BCUT2D eigenvalue weighted by molar-refractivity contribution is 6.31. The molecular formula is C16H16ClFN2O3. The van der Waals surface area contributed by atoms with Crippen LogP contribution in [0.25, 0.3) is 0 Å². The van der Waals surface area contributed by atoms with Crippen LogP contribution in [0.5, 0.6) is 11.5 Å². The van der Waals surface area contributed by atoms with Crippen molar-refractivity contribution in [1.82, 2.24) is 0 Å². The molecule has 23 heavy (non-hydrogen) atoms. The molecule has 2 aromatic carbocycles. The third-order valence-corrected chi connectivity index (χ3v) is 3.34. The zero-order valence-electron chi connectivity index (χ0n) is 12.7. The maximum Gasteiger partial charge on any atom is 0.243 e. The van der Waals surface area contributed by atoms with E-state index in [0.717, 1.165) is 0 Å². The predicted molar refractivity (Wildman–Crippen MR) is 88.1 cm³/mol. The van der Waals surface area contributed by atoms with Crippen molar-refractivity contribution >= 4 is 28.9 Å². The maximum atomic E-state index is 13.1. The highest BCUT2D eigenvalue weighted by Crippen LogP contribution is 2.28. The Morgan fingerprint density at radius 3 is 2.61 bits per heavy atom. The molecule has 0 spiro atoms. The summed E-state index contributed by atoms with van der Waals surface area (Å²) in [6.07, 6.45) is 0. The first-order chi connectivity index (χ1) is 11.0. The van der Waals surface area contributed by atoms with E-state index in [1.807, 2.05) is 0 Å². The Balaban J connectivity index is 2.00. The maximum absolute atomic E-state index is 13.1. The summed E-state index contributed by atoms with van der Waals surface area (Å²) in [6, 6.07) is 9.23. The molecule has 1 amide bonds. The quantitative estimate of drug-likeness (QED) is 0.845. The number of ether oxygens (including phenoxy) is 2. The molecule has 0 aliphatic heterocycles. The van der Waals surface area contributed by atoms with Gasteiger partial charge in [-0.3, -0.25) is 4.79 Å². The molecule has 2 aromatic rings. The summed E-state index contributed by atoms with van der Waals surface area (Å²) in [5.74, 6) is 0.308. The van der Waals surface area contributed by atoms with Gasteiger partial charge in [-0.1, -0.05) is 11.6 Å². The summed E-state index contributed by atoms with van der Waals surface area (Å²) in [6.45, 7) is -0.0116. The van der Waals surface area contributed by atoms with Crippen LogP contribution in [-0.4, -0.2) is 26.7 Å². The summed E-state index contributed by atoms with van der Waals surface area (Å²) in [7, 11) is 3.05. The fourth-order valence-electron chi connectivity index (χ4n) is 1.89. The average molecular weight is 339 g/mol. The van der Waals surface area contributed by atoms with E-state index in [2.05, 4.69) is 10.6 Å². The van der Waals surface area contributed by atoms with Crippen molar-refractivity contribution in [2.45, 2.75) is 0 Å². The molecule has 2 N–H and O–H groups in total. The first kappa shape index (κ1) is 16.9. The lowest BCUT2D eigenvalue weighted by Crippen LogP contribution is -2.22. The first-order valence-corrected chi connectivity index (χ1v) is 7.12. The van der Waals surface area contributed by atoms with Crippen LogP contribution in [0.1, 0.15) is 0 Å². The lowest BCUT2D eigenvalue weighted by Gasteiger charge is -2.12. The Labute approximate surface area is 138 Å². The second-order valence-corrected chi connectivity index (χ2v) is 5.00. The highest BCUT2D eigenvalue weighted by atomic mass is 35.5. The van der Waals surface area contributed by atoms with E-state index in [4.69, 9.17) is 21.1 Å². The van der Waals surface area contributed by atoms with Crippen LogP contribution in [0.15, 0.2) is 36.4 Å². The summed E-state index contributed by atoms with van der Waals surface area (Å²) < 4.78 is 23.4. The number of hydrogen-bond acceptors (Lipinski definition) is 4. The molecule has 0 aliphatic rings. The third-order valence-electron chi connectivity index (χ3n) is 3.05. The number of hydrogen-bond donors (Lipinski definition) is 2. The molecule has 0 aliphatic carbocycles. The SMILES string of the molecule is COc1ccc(OC)c(NC(=O)CNc2ccc(F)c(Cl)c2)c1. The molecule has 5 nitrogen and oxygen atoms in total. The molecule has 0 unspecified atom stereocenters. The third kappa shape index (κ3) is 4.50. The van der Waals surface area contributed by atoms with Gasteiger partial charge in [0.25, 0.3) is 0 Å². The number of amides is 1. The van der Waals surface area contributed by atoms with Gasteiger partial charge in [0.2, 0.25) is 5.91 Å². The van der Waals surface area contributed by atoms with Gasteiger partial charge >= 0.3 is 0 Å². The molecule has 0 heterocycles. The van der Waals surface area contributed by atoms with Crippen LogP contribution in [0, 0.1) is 5.82 Å². The van der Waals surface area contributed by atoms with Crippen molar-refractivity contribution < 1.29 is 18.7 Å². The normalized spacial score (nSPS) is 10.1. The van der Waals surface area contributed by atoms with Gasteiger partial charge in [-0.2, -0.15) is 0 Å². The zero-order valence-corrected chi connectivity index (χ0v) is 13.4. The van der Waals surface area contributed by atoms with Crippen molar-refractivity contribution in [3.63, 3.8) is 0 Å². The molecule has 122 valence electrons. The Bertz CT molecular complexity index is 710. The lowest BCUT2D eigenvalue weighted by molar-refractivity contribution is -0.114. The Hall–Kier alpha value is -2.47. The van der Waals surface area contributed by atoms with Gasteiger partial charge in [0.15, 0.2) is 0 Å². The molecule has 0 fully saturated rings. The number of benzene rings is 2. The van der Waals surface area contributed by atoms with Crippen molar-refractivity contribution in [3.05, 3.63) is 47.2 Å². The van der Waals surface area contributed by atoms with Gasteiger partial charge in [-0.25, -0.2) is 4.39 Å². The summed E-state index contributed by atoms with van der Waals surface area (Å²) in [4.78, 5) is 12.0. The van der Waals surface area contributed by atoms with Crippen LogP contribution < -0.4 is 20.1 Å². The Kier molecular flexibility index (Phi) is 5.65. The number of carbonyl (C=O) groups is 1. The van der Waals surface area contributed by atoms with E-state index in [-0.39, 0.29) is 17.5 Å². The Morgan fingerprint density at radius 1 is 1.17 bits per heavy atom. The van der Waals surface area contributed by atoms with Crippen molar-refractivity contribution in [2.75, 3.05) is 31.4 Å². The number of halogens is 2. The second-order valence-electron chi connectivity index (χ2n) is 4.60. The van der Waals surface area contributed by atoms with Crippen LogP contribution in [-0.2, 0) is 4.79 Å². The van der Waals surface area contributed by atoms with Gasteiger partial charge in [-0.05, 0) is 30.3 Å².